The van der Waals surface area contributed by atoms with E-state index in [9.17, 15) is 14.4 Å². The lowest BCUT2D eigenvalue weighted by Crippen LogP contribution is -2.39. The fourth-order valence-corrected chi connectivity index (χ4v) is 2.84. The minimum atomic E-state index is -0.913. The Hall–Kier alpha value is -3.55. The molecule has 1 atom stereocenters. The number of aliphatic carboxylic acids is 1. The highest BCUT2D eigenvalue weighted by molar-refractivity contribution is 5.93. The molecule has 0 spiro atoms. The van der Waals surface area contributed by atoms with Crippen molar-refractivity contribution in [3.05, 3.63) is 54.1 Å². The van der Waals surface area contributed by atoms with Crippen molar-refractivity contribution in [2.45, 2.75) is 32.2 Å². The first-order chi connectivity index (χ1) is 13.9. The third-order valence-corrected chi connectivity index (χ3v) is 4.14. The van der Waals surface area contributed by atoms with Crippen LogP contribution in [-0.2, 0) is 16.0 Å². The first-order valence-electron chi connectivity index (χ1n) is 9.16. The third-order valence-electron chi connectivity index (χ3n) is 4.14. The van der Waals surface area contributed by atoms with Gasteiger partial charge in [-0.15, -0.1) is 0 Å². The number of carbonyl (C=O) groups is 3. The summed E-state index contributed by atoms with van der Waals surface area (Å²) in [6.45, 7) is 1.39. The van der Waals surface area contributed by atoms with Gasteiger partial charge in [-0.05, 0) is 30.5 Å². The molecule has 0 saturated carbocycles. The Morgan fingerprint density at radius 1 is 1.07 bits per heavy atom. The summed E-state index contributed by atoms with van der Waals surface area (Å²) in [6, 6.07) is 13.6. The molecular formula is C21H25N3O5. The van der Waals surface area contributed by atoms with E-state index in [1.807, 2.05) is 30.3 Å². The maximum atomic E-state index is 12.4. The monoisotopic (exact) mass is 399 g/mol. The standard InChI is InChI=1S/C21H25N3O5/c1-14(25)22-18-10-8-17(13-19(18)29-2)24-21(28)23-16(9-11-20(26)27)12-15-6-4-3-5-7-15/h3-8,10,13,16H,9,11-12H2,1-2H3,(H,22,25)(H,26,27)(H2,23,24,28). The van der Waals surface area contributed by atoms with E-state index in [0.717, 1.165) is 5.56 Å². The number of carbonyl (C=O) groups excluding carboxylic acids is 2. The Bertz CT molecular complexity index is 855. The van der Waals surface area contributed by atoms with Crippen molar-refractivity contribution in [3.63, 3.8) is 0 Å². The zero-order chi connectivity index (χ0) is 21.2. The van der Waals surface area contributed by atoms with E-state index in [2.05, 4.69) is 16.0 Å². The molecule has 0 radical (unpaired) electrons. The molecule has 0 aromatic heterocycles. The topological polar surface area (TPSA) is 117 Å². The Labute approximate surface area is 169 Å². The lowest BCUT2D eigenvalue weighted by Gasteiger charge is -2.19. The summed E-state index contributed by atoms with van der Waals surface area (Å²) < 4.78 is 5.24. The first-order valence-corrected chi connectivity index (χ1v) is 9.16. The van der Waals surface area contributed by atoms with Gasteiger partial charge >= 0.3 is 12.0 Å². The third kappa shape index (κ3) is 7.53. The van der Waals surface area contributed by atoms with Crippen LogP contribution >= 0.6 is 0 Å². The number of hydrogen-bond donors (Lipinski definition) is 4. The fraction of sp³-hybridized carbons (Fsp3) is 0.286. The molecule has 2 aromatic carbocycles. The highest BCUT2D eigenvalue weighted by atomic mass is 16.5. The van der Waals surface area contributed by atoms with Gasteiger partial charge in [-0.25, -0.2) is 4.79 Å². The molecule has 0 aliphatic carbocycles. The Morgan fingerprint density at radius 3 is 2.41 bits per heavy atom. The second-order valence-electron chi connectivity index (χ2n) is 6.51. The van der Waals surface area contributed by atoms with Crippen molar-refractivity contribution in [2.24, 2.45) is 0 Å². The van der Waals surface area contributed by atoms with Gasteiger partial charge in [0.1, 0.15) is 5.75 Å². The van der Waals surface area contributed by atoms with Gasteiger partial charge in [-0.1, -0.05) is 30.3 Å². The van der Waals surface area contributed by atoms with E-state index in [-0.39, 0.29) is 18.4 Å². The van der Waals surface area contributed by atoms with Crippen LogP contribution in [0.2, 0.25) is 0 Å². The number of ether oxygens (including phenoxy) is 1. The number of hydrogen-bond acceptors (Lipinski definition) is 4. The summed E-state index contributed by atoms with van der Waals surface area (Å²) in [4.78, 5) is 34.6. The molecule has 1 unspecified atom stereocenters. The number of rotatable bonds is 9. The van der Waals surface area contributed by atoms with Crippen LogP contribution in [0.25, 0.3) is 0 Å². The molecule has 0 aliphatic rings. The first kappa shape index (κ1) is 21.7. The molecular weight excluding hydrogens is 374 g/mol. The number of benzene rings is 2. The summed E-state index contributed by atoms with van der Waals surface area (Å²) >= 11 is 0. The SMILES string of the molecule is COc1cc(NC(=O)NC(CCC(=O)O)Cc2ccccc2)ccc1NC(C)=O. The summed E-state index contributed by atoms with van der Waals surface area (Å²) in [5, 5.41) is 17.2. The number of urea groups is 1. The molecule has 4 N–H and O–H groups in total. The molecule has 2 aromatic rings. The van der Waals surface area contributed by atoms with Crippen molar-refractivity contribution in [3.8, 4) is 5.75 Å². The summed E-state index contributed by atoms with van der Waals surface area (Å²) in [5.74, 6) is -0.739. The zero-order valence-corrected chi connectivity index (χ0v) is 16.4. The van der Waals surface area contributed by atoms with E-state index >= 15 is 0 Å². The number of nitrogens with one attached hydrogen (secondary N) is 3. The second kappa shape index (κ2) is 10.7. The second-order valence-corrected chi connectivity index (χ2v) is 6.51. The molecule has 0 bridgehead atoms. The van der Waals surface area contributed by atoms with Crippen LogP contribution in [-0.4, -0.2) is 36.2 Å². The van der Waals surface area contributed by atoms with Crippen molar-refractivity contribution >= 4 is 29.3 Å². The lowest BCUT2D eigenvalue weighted by atomic mass is 10.0. The lowest BCUT2D eigenvalue weighted by molar-refractivity contribution is -0.137. The maximum absolute atomic E-state index is 12.4. The van der Waals surface area contributed by atoms with Gasteiger partial charge in [0.2, 0.25) is 5.91 Å². The minimum Gasteiger partial charge on any atom is -0.494 e. The van der Waals surface area contributed by atoms with Crippen LogP contribution in [0, 0.1) is 0 Å². The highest BCUT2D eigenvalue weighted by Crippen LogP contribution is 2.28. The molecule has 8 nitrogen and oxygen atoms in total. The molecule has 8 heteroatoms. The predicted molar refractivity (Wildman–Crippen MR) is 110 cm³/mol. The van der Waals surface area contributed by atoms with E-state index in [1.54, 1.807) is 18.2 Å². The van der Waals surface area contributed by atoms with Gasteiger partial charge in [0.25, 0.3) is 0 Å². The van der Waals surface area contributed by atoms with Gasteiger partial charge in [0.05, 0.1) is 12.8 Å². The largest absolute Gasteiger partial charge is 0.494 e. The van der Waals surface area contributed by atoms with Gasteiger partial charge in [0.15, 0.2) is 0 Å². The van der Waals surface area contributed by atoms with Crippen molar-refractivity contribution in [1.82, 2.24) is 5.32 Å². The van der Waals surface area contributed by atoms with Crippen LogP contribution in [0.15, 0.2) is 48.5 Å². The van der Waals surface area contributed by atoms with Gasteiger partial charge in [0, 0.05) is 31.1 Å². The molecule has 3 amide bonds. The number of carboxylic acids is 1. The number of methoxy groups -OCH3 is 1. The predicted octanol–water partition coefficient (Wildman–Crippen LogP) is 3.25. The number of anilines is 2. The molecule has 29 heavy (non-hydrogen) atoms. The smallest absolute Gasteiger partial charge is 0.319 e. The highest BCUT2D eigenvalue weighted by Gasteiger charge is 2.15. The normalized spacial score (nSPS) is 11.2. The van der Waals surface area contributed by atoms with E-state index in [1.165, 1.54) is 14.0 Å². The van der Waals surface area contributed by atoms with Gasteiger partial charge in [-0.3, -0.25) is 9.59 Å². The molecule has 0 heterocycles. The van der Waals surface area contributed by atoms with Gasteiger partial charge < -0.3 is 25.8 Å². The van der Waals surface area contributed by atoms with Crippen LogP contribution in [0.5, 0.6) is 5.75 Å². The average molecular weight is 399 g/mol. The zero-order valence-electron chi connectivity index (χ0n) is 16.4. The van der Waals surface area contributed by atoms with Crippen LogP contribution in [0.4, 0.5) is 16.2 Å². The van der Waals surface area contributed by atoms with Crippen LogP contribution < -0.4 is 20.7 Å². The Morgan fingerprint density at radius 2 is 1.79 bits per heavy atom. The molecule has 154 valence electrons. The minimum absolute atomic E-state index is 0.0446. The van der Waals surface area contributed by atoms with Crippen molar-refractivity contribution in [1.29, 1.82) is 0 Å². The summed E-state index contributed by atoms with van der Waals surface area (Å²) in [7, 11) is 1.46. The maximum Gasteiger partial charge on any atom is 0.319 e. The van der Waals surface area contributed by atoms with E-state index < -0.39 is 12.0 Å². The van der Waals surface area contributed by atoms with Crippen LogP contribution in [0.3, 0.4) is 0 Å². The Balaban J connectivity index is 2.04. The summed E-state index contributed by atoms with van der Waals surface area (Å²) in [6.07, 6.45) is 0.784. The molecule has 2 rings (SSSR count). The summed E-state index contributed by atoms with van der Waals surface area (Å²) in [5.41, 5.74) is 1.98. The average Bonchev–Trinajstić information content (AvgIpc) is 2.67. The van der Waals surface area contributed by atoms with Gasteiger partial charge in [-0.2, -0.15) is 0 Å². The number of carboxylic acid groups (broad SMARTS) is 1. The Kier molecular flexibility index (Phi) is 8.02. The van der Waals surface area contributed by atoms with E-state index in [0.29, 0.717) is 30.0 Å². The number of amides is 3. The molecule has 0 saturated heterocycles. The molecule has 0 aliphatic heterocycles. The molecule has 0 fully saturated rings. The fourth-order valence-electron chi connectivity index (χ4n) is 2.84. The quantitative estimate of drug-likeness (QED) is 0.516. The van der Waals surface area contributed by atoms with Crippen molar-refractivity contribution < 1.29 is 24.2 Å². The van der Waals surface area contributed by atoms with Crippen LogP contribution in [0.1, 0.15) is 25.3 Å². The van der Waals surface area contributed by atoms with E-state index in [4.69, 9.17) is 9.84 Å². The van der Waals surface area contributed by atoms with Crippen molar-refractivity contribution in [2.75, 3.05) is 17.7 Å².